The molecule has 0 saturated heterocycles. The molecule has 4 aliphatic carbocycles. The van der Waals surface area contributed by atoms with E-state index in [0.717, 1.165) is 12.8 Å². The van der Waals surface area contributed by atoms with Gasteiger partial charge in [-0.2, -0.15) is 11.6 Å². The number of unbranched alkanes of at least 4 members (excludes halogenated alkanes) is 2. The van der Waals surface area contributed by atoms with Gasteiger partial charge in [0.1, 0.15) is 0 Å². The Morgan fingerprint density at radius 2 is 1.45 bits per heavy atom. The minimum atomic E-state index is 0. The molecule has 0 bridgehead atoms. The van der Waals surface area contributed by atoms with Crippen molar-refractivity contribution in [3.05, 3.63) is 94.1 Å². The maximum atomic E-state index is 3.50. The van der Waals surface area contributed by atoms with Crippen molar-refractivity contribution in [2.24, 2.45) is 0 Å². The van der Waals surface area contributed by atoms with Gasteiger partial charge in [0.25, 0.3) is 0 Å². The Kier molecular flexibility index (Phi) is 13.3. The van der Waals surface area contributed by atoms with Gasteiger partial charge in [-0.05, 0) is 45.9 Å². The van der Waals surface area contributed by atoms with E-state index < -0.39 is 0 Å². The van der Waals surface area contributed by atoms with Crippen molar-refractivity contribution in [3.8, 4) is 11.1 Å². The first-order valence-electron chi connectivity index (χ1n) is 14.6. The van der Waals surface area contributed by atoms with Crippen molar-refractivity contribution in [1.82, 2.24) is 0 Å². The third-order valence-corrected chi connectivity index (χ3v) is 9.34. The van der Waals surface area contributed by atoms with Crippen molar-refractivity contribution in [2.45, 2.75) is 104 Å². The minimum absolute atomic E-state index is 0. The SMILES string of the molecule is CC1(C)[C-]=Cc2cc3c(cc21)Cc1cc2c(cc1-3)C=CC2(C)C.CCCC[C](=[Zr+2])CCCC.[C-]1=CC=CC1.[Cl-].[Cl-]. The van der Waals surface area contributed by atoms with Crippen LogP contribution in [0.4, 0.5) is 0 Å². The summed E-state index contributed by atoms with van der Waals surface area (Å²) < 4.78 is 1.79. The van der Waals surface area contributed by atoms with E-state index in [1.54, 1.807) is 27.4 Å². The van der Waals surface area contributed by atoms with Crippen LogP contribution in [0.25, 0.3) is 23.3 Å². The van der Waals surface area contributed by atoms with Crippen LogP contribution in [0.5, 0.6) is 0 Å². The largest absolute Gasteiger partial charge is 1.00 e. The maximum Gasteiger partial charge on any atom is -0.109 e. The van der Waals surface area contributed by atoms with E-state index in [-0.39, 0.29) is 35.6 Å². The molecular formula is C37H44Cl2Zr-2. The second-order valence-electron chi connectivity index (χ2n) is 12.2. The molecule has 6 rings (SSSR count). The van der Waals surface area contributed by atoms with Crippen LogP contribution < -0.4 is 24.8 Å². The molecule has 0 unspecified atom stereocenters. The molecule has 0 fully saturated rings. The van der Waals surface area contributed by atoms with Crippen LogP contribution in [-0.4, -0.2) is 3.21 Å². The van der Waals surface area contributed by atoms with Crippen molar-refractivity contribution in [1.29, 1.82) is 0 Å². The fourth-order valence-corrected chi connectivity index (χ4v) is 6.52. The molecule has 0 radical (unpaired) electrons. The number of allylic oxidation sites excluding steroid dienone is 6. The van der Waals surface area contributed by atoms with Crippen molar-refractivity contribution >= 4 is 15.4 Å². The van der Waals surface area contributed by atoms with Crippen molar-refractivity contribution in [2.75, 3.05) is 0 Å². The van der Waals surface area contributed by atoms with Gasteiger partial charge in [-0.1, -0.05) is 57.4 Å². The molecule has 2 aromatic rings. The van der Waals surface area contributed by atoms with Gasteiger partial charge in [0.15, 0.2) is 0 Å². The second kappa shape index (κ2) is 15.3. The van der Waals surface area contributed by atoms with Crippen molar-refractivity contribution < 1.29 is 49.0 Å². The molecule has 0 aliphatic heterocycles. The molecule has 0 nitrogen and oxygen atoms in total. The van der Waals surface area contributed by atoms with Crippen LogP contribution in [0.15, 0.2) is 48.6 Å². The molecule has 0 amide bonds. The van der Waals surface area contributed by atoms with Gasteiger partial charge in [-0.15, -0.1) is 18.1 Å². The zero-order chi connectivity index (χ0) is 27.3. The first-order valence-corrected chi connectivity index (χ1v) is 15.8. The maximum absolute atomic E-state index is 3.50. The fourth-order valence-electron chi connectivity index (χ4n) is 5.65. The van der Waals surface area contributed by atoms with Crippen LogP contribution in [0.1, 0.15) is 120 Å². The van der Waals surface area contributed by atoms with Crippen LogP contribution in [0.2, 0.25) is 0 Å². The summed E-state index contributed by atoms with van der Waals surface area (Å²) in [6.07, 6.45) is 29.7. The molecule has 2 aromatic carbocycles. The van der Waals surface area contributed by atoms with Crippen LogP contribution in [-0.2, 0) is 41.5 Å². The summed E-state index contributed by atoms with van der Waals surface area (Å²) in [6.45, 7) is 13.7. The standard InChI is InChI=1S/C23H21.C9H18.C5H5.2ClH.Zr/c1-22(2)7-5-14-10-18-16(12-20(14)22)9-17-13-21-15(11-19(17)18)6-8-23(21,3)4;1-3-5-7-9-8-6-4-2;1-2-4-5-3-1;;;/h5-7,10-13H,9H2,1-4H3;3-8H2,1-2H3;1-3H,4H2;2*1H;/q-1;;-1;;;+2/p-2. The number of halogens is 2. The third-order valence-electron chi connectivity index (χ3n) is 8.11. The Morgan fingerprint density at radius 3 is 1.98 bits per heavy atom. The van der Waals surface area contributed by atoms with E-state index in [9.17, 15) is 0 Å². The van der Waals surface area contributed by atoms with Gasteiger partial charge in [-0.25, -0.2) is 18.2 Å². The summed E-state index contributed by atoms with van der Waals surface area (Å²) in [5.41, 5.74) is 11.7. The second-order valence-corrected chi connectivity index (χ2v) is 13.9. The summed E-state index contributed by atoms with van der Waals surface area (Å²) in [4.78, 5) is 0. The average molecular weight is 651 g/mol. The Balaban J connectivity index is 0.000000278. The van der Waals surface area contributed by atoms with Gasteiger partial charge in [0.05, 0.1) is 0 Å². The minimum Gasteiger partial charge on any atom is -1.00 e. The zero-order valence-electron chi connectivity index (χ0n) is 25.2. The Morgan fingerprint density at radius 1 is 0.850 bits per heavy atom. The summed E-state index contributed by atoms with van der Waals surface area (Å²) in [7, 11) is 0. The first kappa shape index (κ1) is 34.9. The molecule has 40 heavy (non-hydrogen) atoms. The Bertz CT molecular complexity index is 1210. The van der Waals surface area contributed by atoms with Gasteiger partial charge >= 0.3 is 79.8 Å². The zero-order valence-corrected chi connectivity index (χ0v) is 29.2. The van der Waals surface area contributed by atoms with E-state index in [1.165, 1.54) is 83.0 Å². The van der Waals surface area contributed by atoms with E-state index in [2.05, 4.69) is 102 Å². The average Bonchev–Trinajstić information content (AvgIpc) is 3.68. The van der Waals surface area contributed by atoms with Crippen LogP contribution in [0.3, 0.4) is 0 Å². The topological polar surface area (TPSA) is 0 Å². The monoisotopic (exact) mass is 648 g/mol. The molecule has 212 valence electrons. The molecule has 0 N–H and O–H groups in total. The Hall–Kier alpha value is -1.27. The predicted molar refractivity (Wildman–Crippen MR) is 163 cm³/mol. The molecule has 0 aromatic heterocycles. The van der Waals surface area contributed by atoms with E-state index in [0.29, 0.717) is 0 Å². The molecule has 0 saturated carbocycles. The number of hydrogen-bond acceptors (Lipinski definition) is 0. The number of fused-ring (bicyclic) bond motifs is 5. The van der Waals surface area contributed by atoms with E-state index in [4.69, 9.17) is 0 Å². The van der Waals surface area contributed by atoms with Gasteiger partial charge < -0.3 is 24.8 Å². The fraction of sp³-hybridized carbons (Fsp3) is 0.432. The number of benzene rings is 2. The van der Waals surface area contributed by atoms with Crippen molar-refractivity contribution in [3.63, 3.8) is 0 Å². The summed E-state index contributed by atoms with van der Waals surface area (Å²) in [6, 6.07) is 9.66. The molecule has 0 spiro atoms. The summed E-state index contributed by atoms with van der Waals surface area (Å²) in [5.74, 6) is 0. The normalized spacial score (nSPS) is 16.4. The molecule has 4 aliphatic rings. The number of hydrogen-bond donors (Lipinski definition) is 0. The van der Waals surface area contributed by atoms with Gasteiger partial charge in [0.2, 0.25) is 0 Å². The van der Waals surface area contributed by atoms with E-state index >= 15 is 0 Å². The summed E-state index contributed by atoms with van der Waals surface area (Å²) in [5, 5.41) is 0. The smallest absolute Gasteiger partial charge is 0.109 e. The predicted octanol–water partition coefficient (Wildman–Crippen LogP) is 4.07. The Labute approximate surface area is 271 Å². The van der Waals surface area contributed by atoms with E-state index in [1.807, 2.05) is 12.2 Å². The molecular weight excluding hydrogens is 607 g/mol. The summed E-state index contributed by atoms with van der Waals surface area (Å²) >= 11 is 1.67. The van der Waals surface area contributed by atoms with Gasteiger partial charge in [-0.3, -0.25) is 12.2 Å². The van der Waals surface area contributed by atoms with Gasteiger partial charge in [0, 0.05) is 5.41 Å². The van der Waals surface area contributed by atoms with Crippen LogP contribution in [0, 0.1) is 12.2 Å². The molecule has 0 heterocycles. The molecule has 3 heteroatoms. The first-order chi connectivity index (χ1) is 18.2. The third kappa shape index (κ3) is 8.18. The number of rotatable bonds is 6. The van der Waals surface area contributed by atoms with Crippen LogP contribution >= 0.6 is 0 Å². The molecule has 0 atom stereocenters. The quantitative estimate of drug-likeness (QED) is 0.353.